The van der Waals surface area contributed by atoms with Crippen LogP contribution in [-0.4, -0.2) is 16.1 Å². The third-order valence-corrected chi connectivity index (χ3v) is 3.57. The minimum atomic E-state index is -0.933. The van der Waals surface area contributed by atoms with Crippen molar-refractivity contribution in [2.75, 3.05) is 5.32 Å². The fraction of sp³-hybridized carbons (Fsp3) is 0.0909. The predicted molar refractivity (Wildman–Crippen MR) is 70.5 cm³/mol. The van der Waals surface area contributed by atoms with Gasteiger partial charge in [-0.2, -0.15) is 0 Å². The summed E-state index contributed by atoms with van der Waals surface area (Å²) in [6.07, 6.45) is 1.75. The Morgan fingerprint density at radius 2 is 2.35 bits per heavy atom. The van der Waals surface area contributed by atoms with Gasteiger partial charge in [0, 0.05) is 21.7 Å². The number of hydrogen-bond donors (Lipinski definition) is 2. The molecule has 2 aromatic rings. The summed E-state index contributed by atoms with van der Waals surface area (Å²) in [4.78, 5) is 14.9. The van der Waals surface area contributed by atoms with Crippen LogP contribution in [0.4, 0.5) is 5.69 Å². The zero-order chi connectivity index (χ0) is 12.3. The van der Waals surface area contributed by atoms with E-state index in [1.54, 1.807) is 35.7 Å². The fourth-order valence-electron chi connectivity index (χ4n) is 1.30. The molecule has 0 radical (unpaired) electrons. The van der Waals surface area contributed by atoms with E-state index in [1.165, 1.54) is 0 Å². The lowest BCUT2D eigenvalue weighted by Gasteiger charge is -2.07. The molecule has 0 saturated carbocycles. The number of nitrogens with one attached hydrogen (secondary N) is 1. The van der Waals surface area contributed by atoms with Crippen molar-refractivity contribution >= 4 is 38.9 Å². The number of thiazole rings is 1. The van der Waals surface area contributed by atoms with Crippen LogP contribution in [0.15, 0.2) is 34.2 Å². The van der Waals surface area contributed by atoms with Crippen molar-refractivity contribution in [3.05, 3.63) is 44.8 Å². The largest absolute Gasteiger partial charge is 0.478 e. The molecule has 6 heteroatoms. The van der Waals surface area contributed by atoms with Crippen LogP contribution < -0.4 is 5.32 Å². The van der Waals surface area contributed by atoms with Crippen molar-refractivity contribution in [2.24, 2.45) is 0 Å². The second-order valence-corrected chi connectivity index (χ2v) is 5.11. The lowest BCUT2D eigenvalue weighted by molar-refractivity contribution is 0.0697. The van der Waals surface area contributed by atoms with Crippen molar-refractivity contribution in [2.45, 2.75) is 6.54 Å². The number of hydrogen-bond acceptors (Lipinski definition) is 4. The first-order valence-electron chi connectivity index (χ1n) is 4.82. The number of anilines is 1. The van der Waals surface area contributed by atoms with Crippen LogP contribution in [-0.2, 0) is 6.54 Å². The van der Waals surface area contributed by atoms with E-state index in [2.05, 4.69) is 26.2 Å². The lowest BCUT2D eigenvalue weighted by Crippen LogP contribution is -2.01. The summed E-state index contributed by atoms with van der Waals surface area (Å²) in [6.45, 7) is 0.628. The number of aromatic nitrogens is 1. The van der Waals surface area contributed by atoms with Crippen molar-refractivity contribution in [1.29, 1.82) is 0 Å². The molecule has 2 rings (SSSR count). The molecule has 0 atom stereocenters. The Balaban J connectivity index is 2.09. The van der Waals surface area contributed by atoms with Crippen LogP contribution in [0.3, 0.4) is 0 Å². The molecule has 0 fully saturated rings. The first-order chi connectivity index (χ1) is 8.16. The third kappa shape index (κ3) is 3.04. The van der Waals surface area contributed by atoms with E-state index >= 15 is 0 Å². The molecule has 1 aromatic heterocycles. The topological polar surface area (TPSA) is 62.2 Å². The maximum atomic E-state index is 10.8. The first kappa shape index (κ1) is 12.1. The maximum absolute atomic E-state index is 10.8. The van der Waals surface area contributed by atoms with Crippen molar-refractivity contribution in [3.63, 3.8) is 0 Å². The molecule has 0 bridgehead atoms. The maximum Gasteiger partial charge on any atom is 0.335 e. The van der Waals surface area contributed by atoms with Gasteiger partial charge in [0.2, 0.25) is 0 Å². The highest BCUT2D eigenvalue weighted by molar-refractivity contribution is 9.10. The molecule has 1 aromatic carbocycles. The van der Waals surface area contributed by atoms with Gasteiger partial charge >= 0.3 is 5.97 Å². The fourth-order valence-corrected chi connectivity index (χ4v) is 2.38. The number of aromatic carboxylic acids is 1. The van der Waals surface area contributed by atoms with Gasteiger partial charge in [0.25, 0.3) is 0 Å². The molecule has 0 aliphatic rings. The summed E-state index contributed by atoms with van der Waals surface area (Å²) in [5, 5.41) is 14.9. The summed E-state index contributed by atoms with van der Waals surface area (Å²) in [5.41, 5.74) is 1.11. The van der Waals surface area contributed by atoms with Crippen molar-refractivity contribution in [3.8, 4) is 0 Å². The van der Waals surface area contributed by atoms with Gasteiger partial charge in [-0.05, 0) is 34.1 Å². The summed E-state index contributed by atoms with van der Waals surface area (Å²) in [6, 6.07) is 4.88. The van der Waals surface area contributed by atoms with E-state index < -0.39 is 5.97 Å². The predicted octanol–water partition coefficient (Wildman–Crippen LogP) is 3.22. The van der Waals surface area contributed by atoms with Gasteiger partial charge in [0.1, 0.15) is 5.01 Å². The summed E-state index contributed by atoms with van der Waals surface area (Å²) in [5.74, 6) is -0.933. The van der Waals surface area contributed by atoms with Gasteiger partial charge in [-0.1, -0.05) is 0 Å². The summed E-state index contributed by atoms with van der Waals surface area (Å²) < 4.78 is 0.731. The standard InChI is InChI=1S/C11H9BrN2O2S/c12-8-5-7(11(15)16)1-2-9(8)14-6-10-13-3-4-17-10/h1-5,14H,6H2,(H,15,16). The van der Waals surface area contributed by atoms with E-state index in [1.807, 2.05) is 5.38 Å². The van der Waals surface area contributed by atoms with E-state index in [9.17, 15) is 4.79 Å². The molecular weight excluding hydrogens is 304 g/mol. The smallest absolute Gasteiger partial charge is 0.335 e. The molecule has 0 aliphatic heterocycles. The zero-order valence-electron chi connectivity index (χ0n) is 8.68. The van der Waals surface area contributed by atoms with Crippen molar-refractivity contribution < 1.29 is 9.90 Å². The van der Waals surface area contributed by atoms with Crippen molar-refractivity contribution in [1.82, 2.24) is 4.98 Å². The minimum Gasteiger partial charge on any atom is -0.478 e. The number of halogens is 1. The number of carboxylic acids is 1. The monoisotopic (exact) mass is 312 g/mol. The molecule has 2 N–H and O–H groups in total. The highest BCUT2D eigenvalue weighted by Gasteiger charge is 2.06. The molecule has 0 unspecified atom stereocenters. The highest BCUT2D eigenvalue weighted by atomic mass is 79.9. The van der Waals surface area contributed by atoms with Gasteiger partial charge in [-0.15, -0.1) is 11.3 Å². The quantitative estimate of drug-likeness (QED) is 0.910. The van der Waals surface area contributed by atoms with Crippen LogP contribution in [0.5, 0.6) is 0 Å². The van der Waals surface area contributed by atoms with Gasteiger partial charge in [-0.25, -0.2) is 9.78 Å². The first-order valence-corrected chi connectivity index (χ1v) is 6.49. The second-order valence-electron chi connectivity index (χ2n) is 3.28. The third-order valence-electron chi connectivity index (χ3n) is 2.13. The second kappa shape index (κ2) is 5.29. The lowest BCUT2D eigenvalue weighted by atomic mass is 10.2. The van der Waals surface area contributed by atoms with E-state index in [4.69, 9.17) is 5.11 Å². The number of carboxylic acid groups (broad SMARTS) is 1. The molecule has 17 heavy (non-hydrogen) atoms. The molecular formula is C11H9BrN2O2S. The van der Waals surface area contributed by atoms with Crippen LogP contribution in [0, 0.1) is 0 Å². The van der Waals surface area contributed by atoms with Crippen LogP contribution in [0.25, 0.3) is 0 Å². The molecule has 0 spiro atoms. The Labute approximate surface area is 110 Å². The highest BCUT2D eigenvalue weighted by Crippen LogP contribution is 2.24. The molecule has 0 amide bonds. The SMILES string of the molecule is O=C(O)c1ccc(NCc2nccs2)c(Br)c1. The number of carbonyl (C=O) groups is 1. The van der Waals surface area contributed by atoms with Gasteiger partial charge < -0.3 is 10.4 Å². The molecule has 4 nitrogen and oxygen atoms in total. The van der Waals surface area contributed by atoms with Crippen LogP contribution in [0.2, 0.25) is 0 Å². The van der Waals surface area contributed by atoms with Gasteiger partial charge in [0.15, 0.2) is 0 Å². The summed E-state index contributed by atoms with van der Waals surface area (Å²) in [7, 11) is 0. The molecule has 1 heterocycles. The van der Waals surface area contributed by atoms with Crippen LogP contribution >= 0.6 is 27.3 Å². The zero-order valence-corrected chi connectivity index (χ0v) is 11.1. The Morgan fingerprint density at radius 3 is 2.94 bits per heavy atom. The van der Waals surface area contributed by atoms with Gasteiger partial charge in [0.05, 0.1) is 12.1 Å². The van der Waals surface area contributed by atoms with E-state index in [0.717, 1.165) is 15.2 Å². The Bertz CT molecular complexity index is 528. The van der Waals surface area contributed by atoms with Gasteiger partial charge in [-0.3, -0.25) is 0 Å². The molecule has 0 saturated heterocycles. The minimum absolute atomic E-state index is 0.261. The Kier molecular flexibility index (Phi) is 3.75. The molecule has 88 valence electrons. The van der Waals surface area contributed by atoms with E-state index in [-0.39, 0.29) is 5.56 Å². The Hall–Kier alpha value is -1.40. The Morgan fingerprint density at radius 1 is 1.53 bits per heavy atom. The number of benzene rings is 1. The average Bonchev–Trinajstić information content (AvgIpc) is 2.80. The van der Waals surface area contributed by atoms with E-state index in [0.29, 0.717) is 6.54 Å². The number of rotatable bonds is 4. The normalized spacial score (nSPS) is 10.2. The number of nitrogens with zero attached hydrogens (tertiary/aromatic N) is 1. The summed E-state index contributed by atoms with van der Waals surface area (Å²) >= 11 is 4.91. The average molecular weight is 313 g/mol. The molecule has 0 aliphatic carbocycles. The van der Waals surface area contributed by atoms with Crippen LogP contribution in [0.1, 0.15) is 15.4 Å².